The van der Waals surface area contributed by atoms with E-state index in [1.165, 1.54) is 0 Å². The van der Waals surface area contributed by atoms with Crippen LogP contribution >= 0.6 is 0 Å². The Bertz CT molecular complexity index is 234. The van der Waals surface area contributed by atoms with Crippen LogP contribution in [0.4, 0.5) is 0 Å². The Morgan fingerprint density at radius 3 is 1.44 bits per heavy atom. The summed E-state index contributed by atoms with van der Waals surface area (Å²) in [7, 11) is 0. The van der Waals surface area contributed by atoms with Crippen LogP contribution in [0, 0.1) is 10.8 Å². The molecule has 0 unspecified atom stereocenters. The molecule has 0 saturated heterocycles. The van der Waals surface area contributed by atoms with E-state index >= 15 is 0 Å². The van der Waals surface area contributed by atoms with E-state index in [2.05, 4.69) is 0 Å². The van der Waals surface area contributed by atoms with E-state index in [1.807, 2.05) is 0 Å². The van der Waals surface area contributed by atoms with Gasteiger partial charge in [0.2, 0.25) is 0 Å². The van der Waals surface area contributed by atoms with Crippen LogP contribution in [0.5, 0.6) is 0 Å². The molecule has 0 aromatic rings. The maximum absolute atomic E-state index is 11.1. The van der Waals surface area contributed by atoms with E-state index < -0.39 is 22.8 Å². The summed E-state index contributed by atoms with van der Waals surface area (Å²) < 4.78 is 0. The first kappa shape index (κ1) is 22.4. The van der Waals surface area contributed by atoms with Crippen molar-refractivity contribution in [1.82, 2.24) is 0 Å². The van der Waals surface area contributed by atoms with Crippen molar-refractivity contribution in [3.8, 4) is 0 Å². The number of carbonyl (C=O) groups is 2. The molecule has 0 aromatic heterocycles. The summed E-state index contributed by atoms with van der Waals surface area (Å²) in [5, 5.41) is 18.2. The molecule has 4 nitrogen and oxygen atoms in total. The first-order chi connectivity index (χ1) is 6.20. The average Bonchev–Trinajstić information content (AvgIpc) is 1.95. The van der Waals surface area contributed by atoms with Crippen molar-refractivity contribution < 1.29 is 19.8 Å². The second kappa shape index (κ2) is 8.31. The summed E-state index contributed by atoms with van der Waals surface area (Å²) in [6.07, 6.45) is 0.692. The second-order valence-electron chi connectivity index (χ2n) is 4.52. The van der Waals surface area contributed by atoms with Gasteiger partial charge in [-0.05, 0) is 11.8 Å². The molecule has 0 bridgehead atoms. The Labute approximate surface area is 151 Å². The molecule has 2 N–H and O–H groups in total. The zero-order chi connectivity index (χ0) is 11.6. The molecule has 0 spiro atoms. The third-order valence-electron chi connectivity index (χ3n) is 2.64. The van der Waals surface area contributed by atoms with Crippen LogP contribution in [-0.2, 0) is 9.59 Å². The van der Waals surface area contributed by atoms with Crippen molar-refractivity contribution in [3.63, 3.8) is 0 Å². The van der Waals surface area contributed by atoms with Crippen LogP contribution in [0.2, 0.25) is 0 Å². The van der Waals surface area contributed by atoms with Gasteiger partial charge in [0.15, 0.2) is 5.41 Å². The molecule has 0 aliphatic carbocycles. The number of hydrogen-bond acceptors (Lipinski definition) is 2. The first-order valence-electron chi connectivity index (χ1n) is 4.67. The SMILES string of the molecule is CCCC(C(=O)O)(C(=O)O)C(C)(C)C.[KH].[LiH]. The summed E-state index contributed by atoms with van der Waals surface area (Å²) in [4.78, 5) is 22.2. The zero-order valence-electron chi connectivity index (χ0n) is 9.13. The van der Waals surface area contributed by atoms with Crippen LogP contribution in [0.25, 0.3) is 0 Å². The Kier molecular flexibility index (Phi) is 11.6. The fourth-order valence-corrected chi connectivity index (χ4v) is 1.70. The molecule has 0 atom stereocenters. The molecule has 0 heterocycles. The van der Waals surface area contributed by atoms with Crippen LogP contribution < -0.4 is 0 Å². The minimum absolute atomic E-state index is 0. The Morgan fingerprint density at radius 2 is 1.38 bits per heavy atom. The molecule has 0 saturated carbocycles. The molecule has 0 rings (SSSR count). The number of carboxylic acid groups (broad SMARTS) is 2. The van der Waals surface area contributed by atoms with Crippen LogP contribution in [0.15, 0.2) is 0 Å². The van der Waals surface area contributed by atoms with E-state index in [-0.39, 0.29) is 76.7 Å². The van der Waals surface area contributed by atoms with Crippen molar-refractivity contribution in [1.29, 1.82) is 0 Å². The van der Waals surface area contributed by atoms with Gasteiger partial charge in [0.1, 0.15) is 0 Å². The number of hydrogen-bond donors (Lipinski definition) is 2. The van der Waals surface area contributed by atoms with Crippen molar-refractivity contribution in [2.75, 3.05) is 0 Å². The van der Waals surface area contributed by atoms with Crippen LogP contribution in [0.1, 0.15) is 40.5 Å². The van der Waals surface area contributed by atoms with E-state index in [0.29, 0.717) is 6.42 Å². The van der Waals surface area contributed by atoms with Gasteiger partial charge in [-0.3, -0.25) is 9.59 Å². The summed E-state index contributed by atoms with van der Waals surface area (Å²) in [5.74, 6) is -2.50. The van der Waals surface area contributed by atoms with E-state index in [0.717, 1.165) is 0 Å². The predicted molar refractivity (Wildman–Crippen MR) is 66.4 cm³/mol. The van der Waals surface area contributed by atoms with Gasteiger partial charge in [0.05, 0.1) is 0 Å². The molecule has 16 heavy (non-hydrogen) atoms. The molecule has 0 amide bonds. The van der Waals surface area contributed by atoms with Gasteiger partial charge in [0, 0.05) is 0 Å². The number of aliphatic carboxylic acids is 2. The van der Waals surface area contributed by atoms with Crippen molar-refractivity contribution in [3.05, 3.63) is 0 Å². The summed E-state index contributed by atoms with van der Waals surface area (Å²) in [6.45, 7) is 6.72. The van der Waals surface area contributed by atoms with Crippen molar-refractivity contribution in [2.45, 2.75) is 40.5 Å². The quantitative estimate of drug-likeness (QED) is 0.568. The molecular weight excluding hydrogens is 230 g/mol. The van der Waals surface area contributed by atoms with Crippen molar-refractivity contribution in [2.24, 2.45) is 10.8 Å². The molecule has 0 aromatic carbocycles. The molecule has 0 radical (unpaired) electrons. The van der Waals surface area contributed by atoms with E-state index in [9.17, 15) is 9.59 Å². The Hall–Kier alpha value is 1.17. The van der Waals surface area contributed by atoms with Gasteiger partial charge in [-0.15, -0.1) is 0 Å². The van der Waals surface area contributed by atoms with Gasteiger partial charge < -0.3 is 10.2 Å². The molecular formula is C10H20KLiO4. The number of carboxylic acids is 2. The van der Waals surface area contributed by atoms with Crippen molar-refractivity contribution >= 4 is 82.2 Å². The zero-order valence-corrected chi connectivity index (χ0v) is 9.13. The maximum atomic E-state index is 11.1. The molecule has 0 fully saturated rings. The van der Waals surface area contributed by atoms with Gasteiger partial charge in [-0.2, -0.15) is 0 Å². The fourth-order valence-electron chi connectivity index (χ4n) is 1.70. The predicted octanol–water partition coefficient (Wildman–Crippen LogP) is 0.691. The first-order valence-corrected chi connectivity index (χ1v) is 4.67. The third-order valence-corrected chi connectivity index (χ3v) is 2.64. The van der Waals surface area contributed by atoms with Crippen LogP contribution in [0.3, 0.4) is 0 Å². The standard InChI is InChI=1S/C10H18O4.K.Li.2H/c1-5-6-10(7(11)12,8(13)14)9(2,3)4;;;;/h5-6H2,1-4H3,(H,11,12)(H,13,14);;;;. The minimum atomic E-state index is -1.68. The summed E-state index contributed by atoms with van der Waals surface area (Å²) in [5.41, 5.74) is -2.47. The van der Waals surface area contributed by atoms with E-state index in [1.54, 1.807) is 27.7 Å². The summed E-state index contributed by atoms with van der Waals surface area (Å²) >= 11 is 0. The molecule has 6 heteroatoms. The third kappa shape index (κ3) is 4.45. The Morgan fingerprint density at radius 1 is 1.06 bits per heavy atom. The molecule has 0 aliphatic rings. The van der Waals surface area contributed by atoms with E-state index in [4.69, 9.17) is 10.2 Å². The average molecular weight is 250 g/mol. The number of rotatable bonds is 4. The molecule has 86 valence electrons. The monoisotopic (exact) mass is 250 g/mol. The topological polar surface area (TPSA) is 74.6 Å². The molecule has 0 aliphatic heterocycles. The van der Waals surface area contributed by atoms with Crippen LogP contribution in [-0.4, -0.2) is 92.4 Å². The fraction of sp³-hybridized carbons (Fsp3) is 0.800. The second-order valence-corrected chi connectivity index (χ2v) is 4.52. The Balaban J connectivity index is -0.000000845. The van der Waals surface area contributed by atoms with Gasteiger partial charge in [-0.25, -0.2) is 0 Å². The normalized spacial score (nSPS) is 11.0. The van der Waals surface area contributed by atoms with Gasteiger partial charge in [-0.1, -0.05) is 34.1 Å². The van der Waals surface area contributed by atoms with Gasteiger partial charge >= 0.3 is 82.2 Å². The van der Waals surface area contributed by atoms with Gasteiger partial charge in [0.25, 0.3) is 0 Å². The summed E-state index contributed by atoms with van der Waals surface area (Å²) in [6, 6.07) is 0.